The van der Waals surface area contributed by atoms with Gasteiger partial charge in [0.05, 0.1) is 7.11 Å². The van der Waals surface area contributed by atoms with Crippen molar-refractivity contribution in [1.82, 2.24) is 10.2 Å². The van der Waals surface area contributed by atoms with E-state index in [4.69, 9.17) is 4.74 Å². The highest BCUT2D eigenvalue weighted by Crippen LogP contribution is 2.22. The second kappa shape index (κ2) is 6.24. The summed E-state index contributed by atoms with van der Waals surface area (Å²) in [6.45, 7) is 5.28. The molecule has 1 fully saturated rings. The SMILES string of the molecule is COc1ccc(C)cc1CN(C)C1CNC1.Cl. The van der Waals surface area contributed by atoms with E-state index < -0.39 is 0 Å². The van der Waals surface area contributed by atoms with Crippen LogP contribution in [0, 0.1) is 6.92 Å². The first-order valence-electron chi connectivity index (χ1n) is 5.75. The topological polar surface area (TPSA) is 24.5 Å². The lowest BCUT2D eigenvalue weighted by molar-refractivity contribution is 0.171. The average molecular weight is 257 g/mol. The third-order valence-corrected chi connectivity index (χ3v) is 3.24. The molecule has 0 atom stereocenters. The van der Waals surface area contributed by atoms with Crippen molar-refractivity contribution in [3.63, 3.8) is 0 Å². The predicted molar refractivity (Wildman–Crippen MR) is 73.1 cm³/mol. The maximum absolute atomic E-state index is 5.39. The van der Waals surface area contributed by atoms with Crippen molar-refractivity contribution in [2.24, 2.45) is 0 Å². The molecular weight excluding hydrogens is 236 g/mol. The second-order valence-electron chi connectivity index (χ2n) is 4.54. The first kappa shape index (κ1) is 14.3. The first-order valence-corrected chi connectivity index (χ1v) is 5.75. The molecule has 17 heavy (non-hydrogen) atoms. The van der Waals surface area contributed by atoms with Crippen LogP contribution in [0.2, 0.25) is 0 Å². The molecule has 1 aromatic carbocycles. The molecule has 0 unspecified atom stereocenters. The normalized spacial score (nSPS) is 15.3. The lowest BCUT2D eigenvalue weighted by atomic mass is 10.1. The largest absolute Gasteiger partial charge is 0.496 e. The maximum Gasteiger partial charge on any atom is 0.123 e. The van der Waals surface area contributed by atoms with Gasteiger partial charge in [-0.15, -0.1) is 12.4 Å². The monoisotopic (exact) mass is 256 g/mol. The van der Waals surface area contributed by atoms with E-state index in [1.54, 1.807) is 7.11 Å². The summed E-state index contributed by atoms with van der Waals surface area (Å²) in [5.41, 5.74) is 2.56. The Hall–Kier alpha value is -0.770. The summed E-state index contributed by atoms with van der Waals surface area (Å²) in [5, 5.41) is 3.29. The number of methoxy groups -OCH3 is 1. The van der Waals surface area contributed by atoms with Crippen LogP contribution in [-0.4, -0.2) is 38.2 Å². The van der Waals surface area contributed by atoms with Crippen molar-refractivity contribution < 1.29 is 4.74 Å². The van der Waals surface area contributed by atoms with E-state index in [0.29, 0.717) is 6.04 Å². The molecule has 1 aliphatic rings. The van der Waals surface area contributed by atoms with E-state index >= 15 is 0 Å². The van der Waals surface area contributed by atoms with Crippen LogP contribution in [0.5, 0.6) is 5.75 Å². The third-order valence-electron chi connectivity index (χ3n) is 3.24. The molecule has 1 saturated heterocycles. The summed E-state index contributed by atoms with van der Waals surface area (Å²) in [4.78, 5) is 2.38. The number of likely N-dealkylation sites (N-methyl/N-ethyl adjacent to an activating group) is 1. The molecule has 1 aromatic rings. The Morgan fingerprint density at radius 1 is 1.41 bits per heavy atom. The van der Waals surface area contributed by atoms with Gasteiger partial charge in [-0.25, -0.2) is 0 Å². The summed E-state index contributed by atoms with van der Waals surface area (Å²) >= 11 is 0. The molecule has 0 saturated carbocycles. The van der Waals surface area contributed by atoms with Gasteiger partial charge in [0, 0.05) is 31.2 Å². The molecule has 3 nitrogen and oxygen atoms in total. The van der Waals surface area contributed by atoms with Crippen molar-refractivity contribution in [2.45, 2.75) is 19.5 Å². The van der Waals surface area contributed by atoms with Crippen LogP contribution in [0.15, 0.2) is 18.2 Å². The number of hydrogen-bond acceptors (Lipinski definition) is 3. The van der Waals surface area contributed by atoms with Crippen LogP contribution >= 0.6 is 12.4 Å². The number of hydrogen-bond donors (Lipinski definition) is 1. The van der Waals surface area contributed by atoms with E-state index in [1.807, 2.05) is 0 Å². The average Bonchev–Trinajstić information content (AvgIpc) is 2.15. The number of nitrogens with zero attached hydrogens (tertiary/aromatic N) is 1. The molecule has 2 rings (SSSR count). The van der Waals surface area contributed by atoms with Gasteiger partial charge in [-0.3, -0.25) is 4.90 Å². The summed E-state index contributed by atoms with van der Waals surface area (Å²) in [6, 6.07) is 7.02. The number of ether oxygens (including phenoxy) is 1. The highest BCUT2D eigenvalue weighted by atomic mass is 35.5. The number of aryl methyl sites for hydroxylation is 1. The van der Waals surface area contributed by atoms with Gasteiger partial charge in [0.1, 0.15) is 5.75 Å². The Balaban J connectivity index is 0.00000144. The van der Waals surface area contributed by atoms with Crippen LogP contribution in [0.1, 0.15) is 11.1 Å². The van der Waals surface area contributed by atoms with Gasteiger partial charge in [0.2, 0.25) is 0 Å². The quantitative estimate of drug-likeness (QED) is 0.890. The molecule has 96 valence electrons. The number of rotatable bonds is 4. The predicted octanol–water partition coefficient (Wildman–Crippen LogP) is 1.83. The lowest BCUT2D eigenvalue weighted by Crippen LogP contribution is -2.55. The van der Waals surface area contributed by atoms with E-state index in [1.165, 1.54) is 11.1 Å². The summed E-state index contributed by atoms with van der Waals surface area (Å²) < 4.78 is 5.39. The van der Waals surface area contributed by atoms with Crippen molar-refractivity contribution in [3.05, 3.63) is 29.3 Å². The lowest BCUT2D eigenvalue weighted by Gasteiger charge is -2.35. The Morgan fingerprint density at radius 2 is 2.12 bits per heavy atom. The fraction of sp³-hybridized carbons (Fsp3) is 0.538. The van der Waals surface area contributed by atoms with E-state index in [2.05, 4.69) is 42.4 Å². The fourth-order valence-corrected chi connectivity index (χ4v) is 2.01. The Bertz CT molecular complexity index is 366. The van der Waals surface area contributed by atoms with Gasteiger partial charge in [-0.1, -0.05) is 17.7 Å². The molecule has 1 heterocycles. The van der Waals surface area contributed by atoms with E-state index in [0.717, 1.165) is 25.4 Å². The van der Waals surface area contributed by atoms with Gasteiger partial charge in [0.15, 0.2) is 0 Å². The zero-order valence-electron chi connectivity index (χ0n) is 10.7. The van der Waals surface area contributed by atoms with Gasteiger partial charge in [0.25, 0.3) is 0 Å². The summed E-state index contributed by atoms with van der Waals surface area (Å²) in [7, 11) is 3.91. The standard InChI is InChI=1S/C13H20N2O.ClH/c1-10-4-5-13(16-3)11(6-10)9-15(2)12-7-14-8-12;/h4-6,12,14H,7-9H2,1-3H3;1H. The fourth-order valence-electron chi connectivity index (χ4n) is 2.01. The second-order valence-corrected chi connectivity index (χ2v) is 4.54. The van der Waals surface area contributed by atoms with Gasteiger partial charge in [-0.2, -0.15) is 0 Å². The first-order chi connectivity index (χ1) is 7.70. The van der Waals surface area contributed by atoms with Gasteiger partial charge in [-0.05, 0) is 20.0 Å². The molecule has 0 radical (unpaired) electrons. The molecule has 0 bridgehead atoms. The van der Waals surface area contributed by atoms with Crippen molar-refractivity contribution in [1.29, 1.82) is 0 Å². The van der Waals surface area contributed by atoms with Crippen LogP contribution in [0.25, 0.3) is 0 Å². The highest BCUT2D eigenvalue weighted by Gasteiger charge is 2.22. The Kier molecular flexibility index (Phi) is 5.25. The molecule has 0 amide bonds. The van der Waals surface area contributed by atoms with Crippen LogP contribution in [-0.2, 0) is 6.54 Å². The molecule has 0 spiro atoms. The molecule has 1 N–H and O–H groups in total. The minimum atomic E-state index is 0. The molecule has 4 heteroatoms. The third kappa shape index (κ3) is 3.35. The minimum absolute atomic E-state index is 0. The Morgan fingerprint density at radius 3 is 2.65 bits per heavy atom. The smallest absolute Gasteiger partial charge is 0.123 e. The van der Waals surface area contributed by atoms with Crippen LogP contribution in [0.3, 0.4) is 0 Å². The zero-order chi connectivity index (χ0) is 11.5. The van der Waals surface area contributed by atoms with Crippen molar-refractivity contribution >= 4 is 12.4 Å². The zero-order valence-corrected chi connectivity index (χ0v) is 11.5. The number of benzene rings is 1. The summed E-state index contributed by atoms with van der Waals surface area (Å²) in [5.74, 6) is 0.990. The van der Waals surface area contributed by atoms with Crippen molar-refractivity contribution in [2.75, 3.05) is 27.2 Å². The van der Waals surface area contributed by atoms with Gasteiger partial charge < -0.3 is 10.1 Å². The number of halogens is 1. The molecule has 0 aromatic heterocycles. The van der Waals surface area contributed by atoms with Crippen LogP contribution < -0.4 is 10.1 Å². The highest BCUT2D eigenvalue weighted by molar-refractivity contribution is 5.85. The Labute approximate surface area is 110 Å². The summed E-state index contributed by atoms with van der Waals surface area (Å²) in [6.07, 6.45) is 0. The number of nitrogens with one attached hydrogen (secondary N) is 1. The van der Waals surface area contributed by atoms with E-state index in [9.17, 15) is 0 Å². The van der Waals surface area contributed by atoms with Crippen molar-refractivity contribution in [3.8, 4) is 5.75 Å². The molecule has 0 aliphatic carbocycles. The van der Waals surface area contributed by atoms with Crippen LogP contribution in [0.4, 0.5) is 0 Å². The minimum Gasteiger partial charge on any atom is -0.496 e. The van der Waals surface area contributed by atoms with Gasteiger partial charge >= 0.3 is 0 Å². The molecular formula is C13H21ClN2O. The molecule has 1 aliphatic heterocycles. The maximum atomic E-state index is 5.39. The van der Waals surface area contributed by atoms with E-state index in [-0.39, 0.29) is 12.4 Å².